The van der Waals surface area contributed by atoms with Crippen LogP contribution in [-0.2, 0) is 6.54 Å². The lowest BCUT2D eigenvalue weighted by molar-refractivity contribution is -0.106. The summed E-state index contributed by atoms with van der Waals surface area (Å²) in [6.07, 6.45) is 1.88. The predicted molar refractivity (Wildman–Crippen MR) is 66.3 cm³/mol. The van der Waals surface area contributed by atoms with Crippen LogP contribution in [0.1, 0.15) is 30.9 Å². The van der Waals surface area contributed by atoms with Crippen molar-refractivity contribution in [3.8, 4) is 6.07 Å². The summed E-state index contributed by atoms with van der Waals surface area (Å²) in [4.78, 5) is 2.19. The minimum absolute atomic E-state index is 0.490. The van der Waals surface area contributed by atoms with Gasteiger partial charge < -0.3 is 5.11 Å². The van der Waals surface area contributed by atoms with Crippen molar-refractivity contribution in [2.75, 3.05) is 13.1 Å². The molecule has 1 aromatic rings. The summed E-state index contributed by atoms with van der Waals surface area (Å²) in [6, 6.07) is 9.86. The zero-order valence-corrected chi connectivity index (χ0v) is 10.2. The van der Waals surface area contributed by atoms with Crippen molar-refractivity contribution in [1.29, 1.82) is 5.26 Å². The maximum Gasteiger partial charge on any atom is 0.0995 e. The van der Waals surface area contributed by atoms with Crippen molar-refractivity contribution in [1.82, 2.24) is 4.90 Å². The number of hydrogen-bond donors (Lipinski definition) is 1. The summed E-state index contributed by atoms with van der Waals surface area (Å²) >= 11 is 0. The molecule has 17 heavy (non-hydrogen) atoms. The van der Waals surface area contributed by atoms with Gasteiger partial charge >= 0.3 is 0 Å². The molecule has 0 bridgehead atoms. The molecule has 0 aromatic heterocycles. The van der Waals surface area contributed by atoms with E-state index in [1.54, 1.807) is 0 Å². The third-order valence-electron chi connectivity index (χ3n) is 3.28. The van der Waals surface area contributed by atoms with Crippen molar-refractivity contribution >= 4 is 0 Å². The van der Waals surface area contributed by atoms with Crippen LogP contribution < -0.4 is 0 Å². The van der Waals surface area contributed by atoms with Gasteiger partial charge in [0.05, 0.1) is 17.2 Å². The monoisotopic (exact) mass is 230 g/mol. The van der Waals surface area contributed by atoms with Gasteiger partial charge in [-0.3, -0.25) is 4.90 Å². The highest BCUT2D eigenvalue weighted by atomic mass is 16.3. The Morgan fingerprint density at radius 1 is 1.41 bits per heavy atom. The first-order valence-electron chi connectivity index (χ1n) is 6.09. The normalized spacial score (nSPS) is 18.4. The van der Waals surface area contributed by atoms with E-state index < -0.39 is 5.60 Å². The molecular weight excluding hydrogens is 212 g/mol. The van der Waals surface area contributed by atoms with Crippen molar-refractivity contribution < 1.29 is 5.11 Å². The van der Waals surface area contributed by atoms with Crippen LogP contribution in [0.15, 0.2) is 24.3 Å². The van der Waals surface area contributed by atoms with Gasteiger partial charge in [-0.2, -0.15) is 5.26 Å². The number of nitriles is 1. The van der Waals surface area contributed by atoms with Crippen molar-refractivity contribution in [2.24, 2.45) is 0 Å². The molecule has 1 fully saturated rings. The molecule has 0 amide bonds. The summed E-state index contributed by atoms with van der Waals surface area (Å²) in [5.41, 5.74) is 1.29. The Hall–Kier alpha value is -1.37. The van der Waals surface area contributed by atoms with Gasteiger partial charge in [0.2, 0.25) is 0 Å². The molecule has 90 valence electrons. The molecule has 1 aliphatic heterocycles. The molecule has 3 nitrogen and oxygen atoms in total. The summed E-state index contributed by atoms with van der Waals surface area (Å²) < 4.78 is 0. The number of β-amino-alcohol motifs (C(OH)–C–C–N with tert-alkyl or cyclic N) is 1. The number of nitrogens with zero attached hydrogens (tertiary/aromatic N) is 2. The largest absolute Gasteiger partial charge is 0.387 e. The summed E-state index contributed by atoms with van der Waals surface area (Å²) in [7, 11) is 0. The van der Waals surface area contributed by atoms with Crippen LogP contribution in [-0.4, -0.2) is 28.7 Å². The molecule has 0 spiro atoms. The zero-order valence-electron chi connectivity index (χ0n) is 10.2. The van der Waals surface area contributed by atoms with E-state index in [2.05, 4.69) is 17.9 Å². The van der Waals surface area contributed by atoms with E-state index in [0.717, 1.165) is 43.6 Å². The second kappa shape index (κ2) is 4.87. The van der Waals surface area contributed by atoms with Crippen molar-refractivity contribution in [2.45, 2.75) is 31.9 Å². The Labute approximate surface area is 102 Å². The van der Waals surface area contributed by atoms with Crippen molar-refractivity contribution in [3.63, 3.8) is 0 Å². The Morgan fingerprint density at radius 2 is 2.12 bits per heavy atom. The zero-order chi connectivity index (χ0) is 12.3. The Morgan fingerprint density at radius 3 is 2.76 bits per heavy atom. The predicted octanol–water partition coefficient (Wildman–Crippen LogP) is 1.91. The molecule has 0 saturated carbocycles. The lowest BCUT2D eigenvalue weighted by Crippen LogP contribution is -2.61. The van der Waals surface area contributed by atoms with E-state index in [4.69, 9.17) is 5.26 Å². The lowest BCUT2D eigenvalue weighted by Gasteiger charge is -2.46. The molecule has 1 aliphatic rings. The number of benzene rings is 1. The van der Waals surface area contributed by atoms with E-state index >= 15 is 0 Å². The highest BCUT2D eigenvalue weighted by molar-refractivity contribution is 5.37. The third-order valence-corrected chi connectivity index (χ3v) is 3.28. The highest BCUT2D eigenvalue weighted by Crippen LogP contribution is 2.27. The molecule has 1 aromatic carbocycles. The van der Waals surface area contributed by atoms with Crippen molar-refractivity contribution in [3.05, 3.63) is 35.4 Å². The van der Waals surface area contributed by atoms with E-state index in [-0.39, 0.29) is 0 Å². The minimum Gasteiger partial charge on any atom is -0.387 e. The average Bonchev–Trinajstić information content (AvgIpc) is 2.28. The first-order valence-corrected chi connectivity index (χ1v) is 6.09. The Bertz CT molecular complexity index is 430. The molecule has 0 atom stereocenters. The van der Waals surface area contributed by atoms with E-state index in [1.807, 2.05) is 24.3 Å². The smallest absolute Gasteiger partial charge is 0.0995 e. The van der Waals surface area contributed by atoms with Crippen LogP contribution in [0.2, 0.25) is 0 Å². The van der Waals surface area contributed by atoms with Crippen LogP contribution in [0.3, 0.4) is 0 Å². The molecule has 0 aliphatic carbocycles. The van der Waals surface area contributed by atoms with Crippen LogP contribution in [0.5, 0.6) is 0 Å². The summed E-state index contributed by atoms with van der Waals surface area (Å²) in [5, 5.41) is 19.1. The summed E-state index contributed by atoms with van der Waals surface area (Å²) in [5.74, 6) is 0. The van der Waals surface area contributed by atoms with Gasteiger partial charge in [-0.1, -0.05) is 31.5 Å². The van der Waals surface area contributed by atoms with Crippen LogP contribution in [0.25, 0.3) is 0 Å². The number of likely N-dealkylation sites (tertiary alicyclic amines) is 1. The fourth-order valence-corrected chi connectivity index (χ4v) is 2.53. The molecule has 1 N–H and O–H groups in total. The minimum atomic E-state index is -0.490. The molecule has 1 saturated heterocycles. The van der Waals surface area contributed by atoms with Gasteiger partial charge in [-0.05, 0) is 18.1 Å². The number of rotatable bonds is 4. The topological polar surface area (TPSA) is 47.3 Å². The van der Waals surface area contributed by atoms with Crippen LogP contribution in [0, 0.1) is 11.3 Å². The van der Waals surface area contributed by atoms with Gasteiger partial charge in [0, 0.05) is 19.6 Å². The second-order valence-electron chi connectivity index (χ2n) is 4.89. The standard InChI is InChI=1S/C14H18N2O/c1-2-7-14(17)10-16(11-14)9-13-6-4-3-5-12(13)8-15/h3-6,17H,2,7,9-11H2,1H3. The molecule has 3 heteroatoms. The highest BCUT2D eigenvalue weighted by Gasteiger charge is 2.39. The Kier molecular flexibility index (Phi) is 3.46. The number of hydrogen-bond acceptors (Lipinski definition) is 3. The van der Waals surface area contributed by atoms with Crippen LogP contribution >= 0.6 is 0 Å². The van der Waals surface area contributed by atoms with E-state index in [9.17, 15) is 5.11 Å². The first kappa shape index (κ1) is 12.1. The van der Waals surface area contributed by atoms with Crippen LogP contribution in [0.4, 0.5) is 0 Å². The summed E-state index contributed by atoms with van der Waals surface area (Å²) in [6.45, 7) is 4.29. The fourth-order valence-electron chi connectivity index (χ4n) is 2.53. The first-order chi connectivity index (χ1) is 8.17. The SMILES string of the molecule is CCCC1(O)CN(Cc2ccccc2C#N)C1. The van der Waals surface area contributed by atoms with Gasteiger partial charge in [0.15, 0.2) is 0 Å². The molecule has 1 heterocycles. The second-order valence-corrected chi connectivity index (χ2v) is 4.89. The average molecular weight is 230 g/mol. The maximum absolute atomic E-state index is 10.1. The van der Waals surface area contributed by atoms with E-state index in [0.29, 0.717) is 0 Å². The fraction of sp³-hybridized carbons (Fsp3) is 0.500. The van der Waals surface area contributed by atoms with Gasteiger partial charge in [-0.15, -0.1) is 0 Å². The number of aliphatic hydroxyl groups is 1. The lowest BCUT2D eigenvalue weighted by atomic mass is 9.88. The third kappa shape index (κ3) is 2.66. The molecule has 0 radical (unpaired) electrons. The maximum atomic E-state index is 10.1. The molecule has 0 unspecified atom stereocenters. The quantitative estimate of drug-likeness (QED) is 0.859. The van der Waals surface area contributed by atoms with Gasteiger partial charge in [0.25, 0.3) is 0 Å². The Balaban J connectivity index is 1.94. The van der Waals surface area contributed by atoms with Gasteiger partial charge in [-0.25, -0.2) is 0 Å². The molecule has 2 rings (SSSR count). The van der Waals surface area contributed by atoms with E-state index in [1.165, 1.54) is 0 Å². The van der Waals surface area contributed by atoms with Gasteiger partial charge in [0.1, 0.15) is 0 Å². The molecular formula is C14H18N2O.